The van der Waals surface area contributed by atoms with Crippen molar-refractivity contribution in [3.63, 3.8) is 0 Å². The van der Waals surface area contributed by atoms with Crippen molar-refractivity contribution in [2.45, 2.75) is 13.8 Å². The molecule has 2 aromatic rings. The van der Waals surface area contributed by atoms with Gasteiger partial charge in [-0.25, -0.2) is 4.98 Å². The second-order valence-electron chi connectivity index (χ2n) is 4.25. The van der Waals surface area contributed by atoms with Crippen molar-refractivity contribution in [1.29, 1.82) is 0 Å². The first-order valence-electron chi connectivity index (χ1n) is 5.67. The number of rotatable bonds is 2. The van der Waals surface area contributed by atoms with E-state index < -0.39 is 0 Å². The van der Waals surface area contributed by atoms with Crippen LogP contribution in [0.1, 0.15) is 21.6 Å². The number of benzene rings is 1. The van der Waals surface area contributed by atoms with E-state index in [-0.39, 0.29) is 5.91 Å². The molecule has 0 radical (unpaired) electrons. The third-order valence-corrected chi connectivity index (χ3v) is 3.08. The van der Waals surface area contributed by atoms with Gasteiger partial charge in [-0.15, -0.1) is 0 Å². The predicted molar refractivity (Wildman–Crippen MR) is 78.1 cm³/mol. The zero-order valence-electron chi connectivity index (χ0n) is 10.5. The molecule has 2 rings (SSSR count). The van der Waals surface area contributed by atoms with Gasteiger partial charge in [-0.1, -0.05) is 23.2 Å². The van der Waals surface area contributed by atoms with Crippen LogP contribution in [0.4, 0.5) is 5.82 Å². The number of anilines is 1. The summed E-state index contributed by atoms with van der Waals surface area (Å²) >= 11 is 11.8. The molecule has 0 atom stereocenters. The summed E-state index contributed by atoms with van der Waals surface area (Å²) in [5.41, 5.74) is 2.20. The minimum absolute atomic E-state index is 0.329. The predicted octanol–water partition coefficient (Wildman–Crippen LogP) is 4.26. The molecule has 1 heterocycles. The van der Waals surface area contributed by atoms with E-state index in [0.717, 1.165) is 11.3 Å². The Kier molecular flexibility index (Phi) is 4.08. The van der Waals surface area contributed by atoms with Crippen LogP contribution in [0, 0.1) is 13.8 Å². The minimum Gasteiger partial charge on any atom is -0.307 e. The molecule has 0 saturated heterocycles. The highest BCUT2D eigenvalue weighted by molar-refractivity contribution is 6.36. The number of nitrogens with one attached hydrogen (secondary N) is 1. The Bertz CT molecular complexity index is 621. The van der Waals surface area contributed by atoms with Crippen LogP contribution >= 0.6 is 23.2 Å². The lowest BCUT2D eigenvalue weighted by Crippen LogP contribution is -2.14. The van der Waals surface area contributed by atoms with Gasteiger partial charge in [-0.05, 0) is 49.7 Å². The lowest BCUT2D eigenvalue weighted by Gasteiger charge is -2.08. The Morgan fingerprint density at radius 3 is 2.58 bits per heavy atom. The van der Waals surface area contributed by atoms with Crippen molar-refractivity contribution in [3.05, 3.63) is 57.2 Å². The maximum atomic E-state index is 12.1. The average Bonchev–Trinajstić information content (AvgIpc) is 2.30. The molecule has 0 bridgehead atoms. The van der Waals surface area contributed by atoms with E-state index in [9.17, 15) is 4.79 Å². The molecule has 1 aromatic carbocycles. The summed E-state index contributed by atoms with van der Waals surface area (Å²) in [6.45, 7) is 3.81. The quantitative estimate of drug-likeness (QED) is 0.899. The summed E-state index contributed by atoms with van der Waals surface area (Å²) in [6, 6.07) is 8.48. The van der Waals surface area contributed by atoms with Crippen LogP contribution in [-0.2, 0) is 0 Å². The first-order valence-corrected chi connectivity index (χ1v) is 6.43. The molecule has 1 amide bonds. The summed E-state index contributed by atoms with van der Waals surface area (Å²) in [4.78, 5) is 16.4. The van der Waals surface area contributed by atoms with Crippen molar-refractivity contribution in [2.24, 2.45) is 0 Å². The third-order valence-electron chi connectivity index (χ3n) is 2.51. The van der Waals surface area contributed by atoms with Crippen molar-refractivity contribution in [3.8, 4) is 0 Å². The van der Waals surface area contributed by atoms with E-state index >= 15 is 0 Å². The van der Waals surface area contributed by atoms with Crippen molar-refractivity contribution in [1.82, 2.24) is 4.98 Å². The molecule has 19 heavy (non-hydrogen) atoms. The number of carbonyl (C=O) groups is 1. The average molecular weight is 295 g/mol. The van der Waals surface area contributed by atoms with Gasteiger partial charge in [-0.3, -0.25) is 4.79 Å². The molecule has 0 aliphatic carbocycles. The van der Waals surface area contributed by atoms with Crippen LogP contribution in [0.3, 0.4) is 0 Å². The molecule has 3 nitrogen and oxygen atoms in total. The van der Waals surface area contributed by atoms with Gasteiger partial charge in [0.2, 0.25) is 0 Å². The highest BCUT2D eigenvalue weighted by Crippen LogP contribution is 2.21. The number of hydrogen-bond donors (Lipinski definition) is 1. The van der Waals surface area contributed by atoms with E-state index in [0.29, 0.717) is 21.4 Å². The van der Waals surface area contributed by atoms with Crippen molar-refractivity contribution in [2.75, 3.05) is 5.32 Å². The normalized spacial score (nSPS) is 10.3. The third kappa shape index (κ3) is 3.46. The molecular weight excluding hydrogens is 283 g/mol. The number of carbonyl (C=O) groups excluding carboxylic acids is 1. The zero-order chi connectivity index (χ0) is 14.0. The summed E-state index contributed by atoms with van der Waals surface area (Å²) in [5.74, 6) is 0.170. The van der Waals surface area contributed by atoms with Gasteiger partial charge in [-0.2, -0.15) is 0 Å². The number of hydrogen-bond acceptors (Lipinski definition) is 2. The second-order valence-corrected chi connectivity index (χ2v) is 5.09. The van der Waals surface area contributed by atoms with Gasteiger partial charge in [0.15, 0.2) is 0 Å². The van der Waals surface area contributed by atoms with Crippen LogP contribution in [-0.4, -0.2) is 10.9 Å². The van der Waals surface area contributed by atoms with Crippen molar-refractivity contribution < 1.29 is 4.79 Å². The number of aryl methyl sites for hydroxylation is 2. The fourth-order valence-electron chi connectivity index (χ4n) is 1.76. The molecular formula is C14H12Cl2N2O. The fraction of sp³-hybridized carbons (Fsp3) is 0.143. The number of pyridine rings is 1. The topological polar surface area (TPSA) is 42.0 Å². The van der Waals surface area contributed by atoms with E-state index in [4.69, 9.17) is 23.2 Å². The Morgan fingerprint density at radius 2 is 1.89 bits per heavy atom. The van der Waals surface area contributed by atoms with Gasteiger partial charge < -0.3 is 5.32 Å². The van der Waals surface area contributed by atoms with Gasteiger partial charge >= 0.3 is 0 Å². The molecule has 0 fully saturated rings. The molecule has 1 N–H and O–H groups in total. The van der Waals surface area contributed by atoms with E-state index in [1.165, 1.54) is 6.07 Å². The molecule has 0 spiro atoms. The summed E-state index contributed by atoms with van der Waals surface area (Å²) < 4.78 is 0. The van der Waals surface area contributed by atoms with E-state index in [2.05, 4.69) is 10.3 Å². The first kappa shape index (κ1) is 13.8. The number of amides is 1. The standard InChI is InChI=1S/C14H12Cl2N2O/c1-8-5-9(2)17-13(6-8)18-14(19)11-7-10(15)3-4-12(11)16/h3-7H,1-2H3,(H,17,18,19). The lowest BCUT2D eigenvalue weighted by molar-refractivity contribution is 0.102. The Hall–Kier alpha value is -1.58. The largest absolute Gasteiger partial charge is 0.307 e. The molecule has 98 valence electrons. The summed E-state index contributed by atoms with van der Waals surface area (Å²) in [7, 11) is 0. The summed E-state index contributed by atoms with van der Waals surface area (Å²) in [6.07, 6.45) is 0. The number of aromatic nitrogens is 1. The maximum absolute atomic E-state index is 12.1. The lowest BCUT2D eigenvalue weighted by atomic mass is 10.2. The van der Waals surface area contributed by atoms with Gasteiger partial charge in [0.25, 0.3) is 5.91 Å². The monoisotopic (exact) mass is 294 g/mol. The SMILES string of the molecule is Cc1cc(C)nc(NC(=O)c2cc(Cl)ccc2Cl)c1. The van der Waals surface area contributed by atoms with Crippen LogP contribution in [0.2, 0.25) is 10.0 Å². The minimum atomic E-state index is -0.329. The van der Waals surface area contributed by atoms with Crippen LogP contribution in [0.5, 0.6) is 0 Å². The zero-order valence-corrected chi connectivity index (χ0v) is 12.0. The Balaban J connectivity index is 2.28. The van der Waals surface area contributed by atoms with E-state index in [1.807, 2.05) is 19.9 Å². The van der Waals surface area contributed by atoms with Crippen molar-refractivity contribution >= 4 is 34.9 Å². The van der Waals surface area contributed by atoms with E-state index in [1.54, 1.807) is 18.2 Å². The smallest absolute Gasteiger partial charge is 0.258 e. The van der Waals surface area contributed by atoms with Gasteiger partial charge in [0.05, 0.1) is 10.6 Å². The number of halogens is 2. The first-order chi connectivity index (χ1) is 8.95. The van der Waals surface area contributed by atoms with Gasteiger partial charge in [0.1, 0.15) is 5.82 Å². The Labute approximate surface area is 121 Å². The fourth-order valence-corrected chi connectivity index (χ4v) is 2.14. The maximum Gasteiger partial charge on any atom is 0.258 e. The second kappa shape index (κ2) is 5.59. The molecule has 0 aliphatic heterocycles. The molecule has 5 heteroatoms. The molecule has 1 aromatic heterocycles. The van der Waals surface area contributed by atoms with Crippen LogP contribution < -0.4 is 5.32 Å². The molecule has 0 aliphatic rings. The highest BCUT2D eigenvalue weighted by Gasteiger charge is 2.12. The van der Waals surface area contributed by atoms with Gasteiger partial charge in [0, 0.05) is 10.7 Å². The summed E-state index contributed by atoms with van der Waals surface area (Å²) in [5, 5.41) is 3.53. The highest BCUT2D eigenvalue weighted by atomic mass is 35.5. The molecule has 0 saturated carbocycles. The number of nitrogens with zero attached hydrogens (tertiary/aromatic N) is 1. The molecule has 0 unspecified atom stereocenters. The Morgan fingerprint density at radius 1 is 1.16 bits per heavy atom. The van der Waals surface area contributed by atoms with Crippen LogP contribution in [0.25, 0.3) is 0 Å². The van der Waals surface area contributed by atoms with Crippen LogP contribution in [0.15, 0.2) is 30.3 Å².